The van der Waals surface area contributed by atoms with Gasteiger partial charge in [0.05, 0.1) is 0 Å². The molecule has 0 aliphatic carbocycles. The third-order valence-corrected chi connectivity index (χ3v) is 4.26. The summed E-state index contributed by atoms with van der Waals surface area (Å²) in [7, 11) is -12.7. The molecule has 0 aromatic heterocycles. The zero-order valence-electron chi connectivity index (χ0n) is 13.4. The Hall–Kier alpha value is 0.0187. The maximum absolute atomic E-state index is 10.1. The van der Waals surface area contributed by atoms with Crippen LogP contribution < -0.4 is 58.6 Å². The molecule has 0 heterocycles. The van der Waals surface area contributed by atoms with E-state index < -0.39 is 24.7 Å². The van der Waals surface area contributed by atoms with E-state index in [9.17, 15) is 4.80 Å². The van der Waals surface area contributed by atoms with Crippen LogP contribution in [0.15, 0.2) is 60.7 Å². The van der Waals surface area contributed by atoms with Gasteiger partial charge >= 0.3 is 18.9 Å². The van der Waals surface area contributed by atoms with Gasteiger partial charge in [-0.25, -0.2) is 0 Å². The normalized spacial score (nSPS) is 10.2. The predicted octanol–water partition coefficient (Wildman–Crippen LogP) is -8.13. The van der Waals surface area contributed by atoms with Gasteiger partial charge < -0.3 is 43.3 Å². The molecular weight excluding hydrogens is 436 g/mol. The van der Waals surface area contributed by atoms with Crippen molar-refractivity contribution in [3.05, 3.63) is 60.7 Å². The molecule has 0 bridgehead atoms. The molecule has 2 aromatic rings. The summed E-state index contributed by atoms with van der Waals surface area (Å²) in [5, 5.41) is 2.14. The van der Waals surface area contributed by atoms with E-state index in [1.54, 1.807) is 0 Å². The van der Waals surface area contributed by atoms with Crippen LogP contribution in [0.25, 0.3) is 0 Å². The van der Waals surface area contributed by atoms with Crippen LogP contribution >= 0.6 is 15.6 Å². The maximum Gasteiger partial charge on any atom is 1.00 e. The quantitative estimate of drug-likeness (QED) is 0.343. The Morgan fingerprint density at radius 2 is 0.846 bits per heavy atom. The Morgan fingerprint density at radius 3 is 1.04 bits per heavy atom. The SMILES string of the molecule is O=P([O-])([O-])[O-].O=P([O-])([O-])[O-].O[SiH](c1ccccc1)c1ccccc1.[Li+].[V]. The molecule has 0 amide bonds. The molecule has 0 spiro atoms. The van der Waals surface area contributed by atoms with Crippen LogP contribution in [-0.2, 0) is 27.7 Å². The molecule has 14 heteroatoms. The van der Waals surface area contributed by atoms with E-state index in [-0.39, 0.29) is 37.4 Å². The third-order valence-electron chi connectivity index (χ3n) is 2.23. The van der Waals surface area contributed by atoms with Crippen LogP contribution in [-0.4, -0.2) is 13.8 Å². The van der Waals surface area contributed by atoms with Crippen LogP contribution in [0.2, 0.25) is 0 Å². The number of benzene rings is 2. The molecular formula is C12H12LiO9P2SiV-5. The molecule has 0 unspecified atom stereocenters. The van der Waals surface area contributed by atoms with Crippen LogP contribution in [0.5, 0.6) is 0 Å². The Bertz CT molecular complexity index is 608. The molecule has 1 radical (unpaired) electrons. The van der Waals surface area contributed by atoms with Crippen molar-refractivity contribution in [3.8, 4) is 0 Å². The minimum Gasteiger partial charge on any atom is -0.822 e. The summed E-state index contributed by atoms with van der Waals surface area (Å²) in [5.41, 5.74) is 0. The van der Waals surface area contributed by atoms with Crippen molar-refractivity contribution in [3.63, 3.8) is 0 Å². The minimum absolute atomic E-state index is 0. The fourth-order valence-corrected chi connectivity index (χ4v) is 3.02. The van der Waals surface area contributed by atoms with Crippen LogP contribution in [0, 0.1) is 0 Å². The second-order valence-electron chi connectivity index (χ2n) is 4.12. The first-order valence-corrected chi connectivity index (χ1v) is 10.7. The van der Waals surface area contributed by atoms with Crippen molar-refractivity contribution in [2.75, 3.05) is 0 Å². The van der Waals surface area contributed by atoms with E-state index in [0.29, 0.717) is 0 Å². The fraction of sp³-hybridized carbons (Fsp3) is 0. The summed E-state index contributed by atoms with van der Waals surface area (Å²) < 4.78 is 17.1. The molecule has 0 saturated heterocycles. The van der Waals surface area contributed by atoms with Gasteiger partial charge in [0, 0.05) is 18.6 Å². The van der Waals surface area contributed by atoms with Crippen LogP contribution in [0.4, 0.5) is 0 Å². The average Bonchev–Trinajstić information content (AvgIpc) is 2.45. The predicted molar refractivity (Wildman–Crippen MR) is 76.7 cm³/mol. The van der Waals surface area contributed by atoms with E-state index >= 15 is 0 Å². The zero-order chi connectivity index (χ0) is 18.8. The minimum atomic E-state index is -5.39. The topological polar surface area (TPSA) is 193 Å². The second kappa shape index (κ2) is 15.0. The van der Waals surface area contributed by atoms with Gasteiger partial charge in [-0.2, -0.15) is 15.6 Å². The van der Waals surface area contributed by atoms with Gasteiger partial charge in [0.25, 0.3) is 0 Å². The Kier molecular flexibility index (Phi) is 17.7. The number of hydrogen-bond donors (Lipinski definition) is 1. The van der Waals surface area contributed by atoms with Gasteiger partial charge in [0.15, 0.2) is 0 Å². The largest absolute Gasteiger partial charge is 1.00 e. The monoisotopic (exact) mass is 448 g/mol. The summed E-state index contributed by atoms with van der Waals surface area (Å²) in [4.78, 5) is 61.4. The van der Waals surface area contributed by atoms with Gasteiger partial charge in [-0.15, -0.1) is 0 Å². The molecule has 26 heavy (non-hydrogen) atoms. The first-order valence-electron chi connectivity index (χ1n) is 6.12. The molecule has 0 aliphatic heterocycles. The molecule has 139 valence electrons. The van der Waals surface area contributed by atoms with E-state index in [2.05, 4.69) is 0 Å². The molecule has 0 fully saturated rings. The third kappa shape index (κ3) is 22.1. The van der Waals surface area contributed by atoms with Crippen molar-refractivity contribution in [2.45, 2.75) is 0 Å². The second-order valence-corrected chi connectivity index (χ2v) is 8.05. The van der Waals surface area contributed by atoms with Crippen molar-refractivity contribution in [2.24, 2.45) is 0 Å². The van der Waals surface area contributed by atoms with Gasteiger partial charge in [0.2, 0.25) is 9.04 Å². The van der Waals surface area contributed by atoms with Crippen LogP contribution in [0.1, 0.15) is 0 Å². The molecule has 9 nitrogen and oxygen atoms in total. The van der Waals surface area contributed by atoms with E-state index in [1.165, 1.54) is 0 Å². The summed E-state index contributed by atoms with van der Waals surface area (Å²) in [6.45, 7) is 0. The van der Waals surface area contributed by atoms with Gasteiger partial charge in [0.1, 0.15) is 0 Å². The molecule has 2 rings (SSSR count). The summed E-state index contributed by atoms with van der Waals surface area (Å²) in [6, 6.07) is 19.8. The molecule has 0 atom stereocenters. The van der Waals surface area contributed by atoms with E-state index in [4.69, 9.17) is 38.5 Å². The fourth-order valence-electron chi connectivity index (χ4n) is 1.46. The summed E-state index contributed by atoms with van der Waals surface area (Å²) >= 11 is 0. The smallest absolute Gasteiger partial charge is 0.822 e. The summed E-state index contributed by atoms with van der Waals surface area (Å²) in [6.07, 6.45) is 0. The molecule has 0 saturated carbocycles. The average molecular weight is 448 g/mol. The van der Waals surface area contributed by atoms with Crippen molar-refractivity contribution in [1.29, 1.82) is 0 Å². The van der Waals surface area contributed by atoms with Crippen molar-refractivity contribution in [1.82, 2.24) is 0 Å². The number of phosphoric acid groups is 2. The van der Waals surface area contributed by atoms with Gasteiger partial charge in [-0.05, 0) is 10.4 Å². The Balaban J connectivity index is -0.000000375. The van der Waals surface area contributed by atoms with Gasteiger partial charge in [-0.1, -0.05) is 60.7 Å². The van der Waals surface area contributed by atoms with Crippen LogP contribution in [0.3, 0.4) is 0 Å². The van der Waals surface area contributed by atoms with E-state index in [1.807, 2.05) is 60.7 Å². The standard InChI is InChI=1S/C12H12OSi.Li.2H3O4P.V/c13-14(11-7-3-1-4-8-11)12-9-5-2-6-10-12;;2*1-5(2,3)4;/h1-10,13-14H;;2*(H3,1,2,3,4);/q;+1;;;/p-6. The number of hydrogen-bond acceptors (Lipinski definition) is 9. The van der Waals surface area contributed by atoms with Crippen molar-refractivity contribution >= 4 is 35.1 Å². The summed E-state index contributed by atoms with van der Waals surface area (Å²) in [5.74, 6) is 0. The first kappa shape index (κ1) is 30.7. The zero-order valence-corrected chi connectivity index (χ0v) is 17.7. The van der Waals surface area contributed by atoms with Crippen molar-refractivity contribution < 1.29 is 80.7 Å². The molecule has 0 aliphatic rings. The molecule has 1 N–H and O–H groups in total. The number of rotatable bonds is 2. The van der Waals surface area contributed by atoms with E-state index in [0.717, 1.165) is 10.4 Å². The Morgan fingerprint density at radius 1 is 0.654 bits per heavy atom. The Labute approximate surface area is 176 Å². The first-order chi connectivity index (χ1) is 10.9. The van der Waals surface area contributed by atoms with Gasteiger partial charge in [-0.3, -0.25) is 0 Å². The molecule has 2 aromatic carbocycles. The maximum atomic E-state index is 10.1.